The Kier molecular flexibility index (Phi) is 10.1. The van der Waals surface area contributed by atoms with E-state index in [4.69, 9.17) is 9.47 Å². The molecule has 0 saturated carbocycles. The second-order valence-electron chi connectivity index (χ2n) is 7.02. The number of hydrogen-bond acceptors (Lipinski definition) is 5. The van der Waals surface area contributed by atoms with Gasteiger partial charge in [-0.3, -0.25) is 9.59 Å². The Morgan fingerprint density at radius 2 is 1.64 bits per heavy atom. The first-order valence-corrected chi connectivity index (χ1v) is 9.78. The van der Waals surface area contributed by atoms with E-state index in [9.17, 15) is 14.4 Å². The largest absolute Gasteiger partial charge is 0.494 e. The highest BCUT2D eigenvalue weighted by Gasteiger charge is 2.27. The van der Waals surface area contributed by atoms with Crippen molar-refractivity contribution in [2.75, 3.05) is 13.2 Å². The van der Waals surface area contributed by atoms with Crippen molar-refractivity contribution < 1.29 is 23.9 Å². The molecule has 1 unspecified atom stereocenters. The van der Waals surface area contributed by atoms with Gasteiger partial charge in [-0.2, -0.15) is 0 Å². The number of benzene rings is 1. The summed E-state index contributed by atoms with van der Waals surface area (Å²) in [5.74, 6) is -0.898. The Balaban J connectivity index is 2.62. The van der Waals surface area contributed by atoms with Crippen molar-refractivity contribution in [3.05, 3.63) is 29.8 Å². The summed E-state index contributed by atoms with van der Waals surface area (Å²) in [6.45, 7) is 9.58. The van der Waals surface area contributed by atoms with Gasteiger partial charge >= 0.3 is 5.97 Å². The minimum atomic E-state index is -0.847. The van der Waals surface area contributed by atoms with E-state index in [1.807, 2.05) is 20.8 Å². The molecule has 2 amide bonds. The smallest absolute Gasteiger partial charge is 0.329 e. The van der Waals surface area contributed by atoms with Crippen LogP contribution in [0.4, 0.5) is 0 Å². The van der Waals surface area contributed by atoms with Crippen LogP contribution in [0.5, 0.6) is 5.75 Å². The number of ether oxygens (including phenoxy) is 2. The zero-order valence-electron chi connectivity index (χ0n) is 17.4. The molecule has 7 nitrogen and oxygen atoms in total. The molecule has 28 heavy (non-hydrogen) atoms. The third-order valence-corrected chi connectivity index (χ3v) is 4.11. The van der Waals surface area contributed by atoms with Crippen molar-refractivity contribution in [2.45, 2.75) is 59.5 Å². The molecule has 0 bridgehead atoms. The van der Waals surface area contributed by atoms with Gasteiger partial charge in [0.25, 0.3) is 11.8 Å². The van der Waals surface area contributed by atoms with Gasteiger partial charge in [-0.1, -0.05) is 27.2 Å². The summed E-state index contributed by atoms with van der Waals surface area (Å²) in [6.07, 6.45) is 1.81. The molecule has 2 N–H and O–H groups in total. The van der Waals surface area contributed by atoms with Gasteiger partial charge in [0, 0.05) is 11.6 Å². The summed E-state index contributed by atoms with van der Waals surface area (Å²) in [7, 11) is 0. The van der Waals surface area contributed by atoms with E-state index in [0.717, 1.165) is 12.8 Å². The highest BCUT2D eigenvalue weighted by molar-refractivity contribution is 5.97. The third-order valence-electron chi connectivity index (χ3n) is 4.11. The van der Waals surface area contributed by atoms with Crippen LogP contribution in [0.3, 0.4) is 0 Å². The second kappa shape index (κ2) is 12.0. The summed E-state index contributed by atoms with van der Waals surface area (Å²) >= 11 is 0. The van der Waals surface area contributed by atoms with E-state index in [1.165, 1.54) is 0 Å². The molecule has 1 aromatic carbocycles. The van der Waals surface area contributed by atoms with Gasteiger partial charge in [0.2, 0.25) is 0 Å². The Bertz CT molecular complexity index is 643. The van der Waals surface area contributed by atoms with Crippen molar-refractivity contribution in [3.8, 4) is 5.75 Å². The average molecular weight is 392 g/mol. The van der Waals surface area contributed by atoms with Crippen LogP contribution >= 0.6 is 0 Å². The molecule has 0 saturated heterocycles. The van der Waals surface area contributed by atoms with Gasteiger partial charge in [-0.25, -0.2) is 4.79 Å². The van der Waals surface area contributed by atoms with Crippen LogP contribution in [-0.4, -0.2) is 43.1 Å². The van der Waals surface area contributed by atoms with Crippen LogP contribution in [0.1, 0.15) is 57.8 Å². The van der Waals surface area contributed by atoms with Crippen LogP contribution in [0, 0.1) is 5.92 Å². The maximum atomic E-state index is 12.4. The van der Waals surface area contributed by atoms with Crippen LogP contribution in [0.25, 0.3) is 0 Å². The van der Waals surface area contributed by atoms with Crippen molar-refractivity contribution >= 4 is 17.8 Å². The molecule has 0 heterocycles. The summed E-state index contributed by atoms with van der Waals surface area (Å²) in [5, 5.41) is 5.45. The van der Waals surface area contributed by atoms with Crippen LogP contribution < -0.4 is 15.4 Å². The number of nitrogens with one attached hydrogen (secondary N) is 2. The van der Waals surface area contributed by atoms with Crippen molar-refractivity contribution in [1.29, 1.82) is 0 Å². The summed E-state index contributed by atoms with van der Waals surface area (Å²) in [5.41, 5.74) is 0.410. The average Bonchev–Trinajstić information content (AvgIpc) is 2.64. The quantitative estimate of drug-likeness (QED) is 0.565. The minimum Gasteiger partial charge on any atom is -0.494 e. The Morgan fingerprint density at radius 3 is 2.18 bits per heavy atom. The van der Waals surface area contributed by atoms with E-state index in [0.29, 0.717) is 17.9 Å². The standard InChI is InChI=1S/C21H32N2O5/c1-6-8-15(5)22-18(24)13-28-21(26)19(14(3)4)23-20(25)16-9-11-17(12-10-16)27-7-2/h9-12,14-15,19H,6-8,13H2,1-5H3,(H,22,24)(H,23,25)/t15?,19-/m0/s1. The molecule has 2 atom stereocenters. The molecule has 1 aromatic rings. The molecule has 0 radical (unpaired) electrons. The lowest BCUT2D eigenvalue weighted by Gasteiger charge is -2.21. The van der Waals surface area contributed by atoms with Crippen molar-refractivity contribution in [3.63, 3.8) is 0 Å². The number of carbonyl (C=O) groups is 3. The van der Waals surface area contributed by atoms with Crippen LogP contribution in [-0.2, 0) is 14.3 Å². The predicted octanol–water partition coefficient (Wildman–Crippen LogP) is 2.69. The van der Waals surface area contributed by atoms with Gasteiger partial charge in [0.15, 0.2) is 6.61 Å². The summed E-state index contributed by atoms with van der Waals surface area (Å²) in [4.78, 5) is 36.7. The molecule has 156 valence electrons. The van der Waals surface area contributed by atoms with Gasteiger partial charge in [0.1, 0.15) is 11.8 Å². The molecular weight excluding hydrogens is 360 g/mol. The molecule has 7 heteroatoms. The van der Waals surface area contributed by atoms with E-state index in [1.54, 1.807) is 38.1 Å². The van der Waals surface area contributed by atoms with E-state index in [-0.39, 0.29) is 30.4 Å². The fraction of sp³-hybridized carbons (Fsp3) is 0.571. The normalized spacial score (nSPS) is 12.8. The van der Waals surface area contributed by atoms with Gasteiger partial charge in [0.05, 0.1) is 6.61 Å². The number of hydrogen-bond donors (Lipinski definition) is 2. The number of esters is 1. The maximum Gasteiger partial charge on any atom is 0.329 e. The first kappa shape index (κ1) is 23.5. The van der Waals surface area contributed by atoms with Gasteiger partial charge in [-0.15, -0.1) is 0 Å². The first-order chi connectivity index (χ1) is 13.3. The zero-order chi connectivity index (χ0) is 21.1. The fourth-order valence-corrected chi connectivity index (χ4v) is 2.64. The Hall–Kier alpha value is -2.57. The second-order valence-corrected chi connectivity index (χ2v) is 7.02. The topological polar surface area (TPSA) is 93.7 Å². The number of carbonyl (C=O) groups excluding carboxylic acids is 3. The monoisotopic (exact) mass is 392 g/mol. The van der Waals surface area contributed by atoms with Gasteiger partial charge in [-0.05, 0) is 50.5 Å². The SMILES string of the molecule is CCCC(C)NC(=O)COC(=O)[C@@H](NC(=O)c1ccc(OCC)cc1)C(C)C. The first-order valence-electron chi connectivity index (χ1n) is 9.78. The third kappa shape index (κ3) is 7.98. The van der Waals surface area contributed by atoms with E-state index < -0.39 is 12.0 Å². The minimum absolute atomic E-state index is 0.0245. The lowest BCUT2D eigenvalue weighted by molar-refractivity contribution is -0.151. The van der Waals surface area contributed by atoms with E-state index in [2.05, 4.69) is 10.6 Å². The van der Waals surface area contributed by atoms with Crippen molar-refractivity contribution in [2.24, 2.45) is 5.92 Å². The molecule has 1 rings (SSSR count). The lowest BCUT2D eigenvalue weighted by atomic mass is 10.0. The highest BCUT2D eigenvalue weighted by Crippen LogP contribution is 2.13. The van der Waals surface area contributed by atoms with Crippen molar-refractivity contribution in [1.82, 2.24) is 10.6 Å². The predicted molar refractivity (Wildman–Crippen MR) is 107 cm³/mol. The maximum absolute atomic E-state index is 12.4. The molecule has 0 aromatic heterocycles. The molecule has 0 aliphatic heterocycles. The molecular formula is C21H32N2O5. The fourth-order valence-electron chi connectivity index (χ4n) is 2.64. The van der Waals surface area contributed by atoms with Gasteiger partial charge < -0.3 is 20.1 Å². The Morgan fingerprint density at radius 1 is 1.00 bits per heavy atom. The summed E-state index contributed by atoms with van der Waals surface area (Å²) < 4.78 is 10.5. The zero-order valence-corrected chi connectivity index (χ0v) is 17.4. The highest BCUT2D eigenvalue weighted by atomic mass is 16.5. The summed E-state index contributed by atoms with van der Waals surface area (Å²) in [6, 6.07) is 5.83. The number of amides is 2. The molecule has 0 spiro atoms. The number of rotatable bonds is 11. The van der Waals surface area contributed by atoms with E-state index >= 15 is 0 Å². The Labute approximate surface area is 167 Å². The van der Waals surface area contributed by atoms with Crippen LogP contribution in [0.2, 0.25) is 0 Å². The molecule has 0 fully saturated rings. The lowest BCUT2D eigenvalue weighted by Crippen LogP contribution is -2.46. The van der Waals surface area contributed by atoms with Crippen LogP contribution in [0.15, 0.2) is 24.3 Å². The molecule has 0 aliphatic carbocycles. The molecule has 0 aliphatic rings.